The lowest BCUT2D eigenvalue weighted by Crippen LogP contribution is -2.39. The van der Waals surface area contributed by atoms with Gasteiger partial charge in [0.2, 0.25) is 10.0 Å². The Labute approximate surface area is 103 Å². The number of hydrogen-bond acceptors (Lipinski definition) is 3. The topological polar surface area (TPSA) is 83.5 Å². The molecule has 0 aromatic heterocycles. The summed E-state index contributed by atoms with van der Waals surface area (Å²) >= 11 is 0. The summed E-state index contributed by atoms with van der Waals surface area (Å²) in [5.41, 5.74) is 0. The Morgan fingerprint density at radius 3 is 2.24 bits per heavy atom. The minimum absolute atomic E-state index is 0.0169. The Bertz CT molecular complexity index is 356. The third-order valence-electron chi connectivity index (χ3n) is 3.22. The van der Waals surface area contributed by atoms with E-state index in [-0.39, 0.29) is 18.2 Å². The van der Waals surface area contributed by atoms with Crippen LogP contribution in [0.25, 0.3) is 0 Å². The van der Waals surface area contributed by atoms with E-state index in [0.717, 1.165) is 6.42 Å². The Morgan fingerprint density at radius 2 is 1.76 bits per heavy atom. The lowest BCUT2D eigenvalue weighted by molar-refractivity contribution is -0.136. The zero-order chi connectivity index (χ0) is 13.1. The normalized spacial score (nSPS) is 30.1. The van der Waals surface area contributed by atoms with Gasteiger partial charge in [-0.3, -0.25) is 4.79 Å². The first kappa shape index (κ1) is 14.4. The van der Waals surface area contributed by atoms with E-state index in [9.17, 15) is 13.2 Å². The van der Waals surface area contributed by atoms with E-state index in [1.54, 1.807) is 0 Å². The fourth-order valence-corrected chi connectivity index (χ4v) is 4.33. The summed E-state index contributed by atoms with van der Waals surface area (Å²) in [6.07, 6.45) is 2.25. The lowest BCUT2D eigenvalue weighted by atomic mass is 9.83. The van der Waals surface area contributed by atoms with Gasteiger partial charge in [0.1, 0.15) is 0 Å². The van der Waals surface area contributed by atoms with Crippen LogP contribution >= 0.6 is 0 Å². The van der Waals surface area contributed by atoms with Crippen LogP contribution in [-0.2, 0) is 14.8 Å². The number of rotatable bonds is 5. The molecule has 1 aliphatic carbocycles. The van der Waals surface area contributed by atoms with Gasteiger partial charge >= 0.3 is 5.97 Å². The third-order valence-corrected chi connectivity index (χ3v) is 5.09. The molecule has 5 nitrogen and oxygen atoms in total. The molecule has 2 N–H and O–H groups in total. The molecule has 2 unspecified atom stereocenters. The summed E-state index contributed by atoms with van der Waals surface area (Å²) in [6, 6.07) is 0. The molecule has 6 heteroatoms. The van der Waals surface area contributed by atoms with Crippen LogP contribution in [-0.4, -0.2) is 31.3 Å². The Morgan fingerprint density at radius 1 is 1.24 bits per heavy atom. The van der Waals surface area contributed by atoms with Crippen LogP contribution in [0.1, 0.15) is 39.5 Å². The van der Waals surface area contributed by atoms with Crippen LogP contribution in [0.5, 0.6) is 0 Å². The van der Waals surface area contributed by atoms with Crippen molar-refractivity contribution in [2.45, 2.75) is 44.8 Å². The Balaban J connectivity index is 2.54. The summed E-state index contributed by atoms with van der Waals surface area (Å²) in [5.74, 6) is -0.155. The summed E-state index contributed by atoms with van der Waals surface area (Å²) in [6.45, 7) is 4.11. The molecule has 0 aromatic rings. The van der Waals surface area contributed by atoms with Crippen LogP contribution in [0.4, 0.5) is 0 Å². The fraction of sp³-hybridized carbons (Fsp3) is 0.909. The molecule has 100 valence electrons. The fourth-order valence-electron chi connectivity index (χ4n) is 2.54. The second-order valence-corrected chi connectivity index (χ2v) is 7.17. The third kappa shape index (κ3) is 4.63. The molecule has 1 fully saturated rings. The first-order valence-electron chi connectivity index (χ1n) is 6.01. The van der Waals surface area contributed by atoms with Gasteiger partial charge in [-0.25, -0.2) is 13.1 Å². The van der Waals surface area contributed by atoms with Crippen molar-refractivity contribution in [1.82, 2.24) is 4.72 Å². The number of sulfonamides is 1. The van der Waals surface area contributed by atoms with Crippen molar-refractivity contribution in [2.24, 2.45) is 11.8 Å². The van der Waals surface area contributed by atoms with E-state index in [0.29, 0.717) is 24.7 Å². The summed E-state index contributed by atoms with van der Waals surface area (Å²) in [7, 11) is -3.36. The van der Waals surface area contributed by atoms with Crippen molar-refractivity contribution in [1.29, 1.82) is 0 Å². The predicted octanol–water partition coefficient (Wildman–Crippen LogP) is 1.21. The zero-order valence-corrected chi connectivity index (χ0v) is 11.2. The maximum absolute atomic E-state index is 12.0. The molecular formula is C11H21NO4S. The standard InChI is InChI=1S/C11H21NO4S/c1-8-5-9(2)7-10(6-8)17(15,16)12-4-3-11(13)14/h8-10,12H,3-7H2,1-2H3,(H,13,14). The molecule has 0 spiro atoms. The number of carboxylic acid groups (broad SMARTS) is 1. The van der Waals surface area contributed by atoms with Crippen molar-refractivity contribution >= 4 is 16.0 Å². The largest absolute Gasteiger partial charge is 0.481 e. The number of carboxylic acids is 1. The number of hydrogen-bond donors (Lipinski definition) is 2. The van der Waals surface area contributed by atoms with Gasteiger partial charge in [-0.05, 0) is 31.1 Å². The quantitative estimate of drug-likeness (QED) is 0.781. The first-order valence-corrected chi connectivity index (χ1v) is 7.56. The molecule has 0 aliphatic heterocycles. The van der Waals surface area contributed by atoms with E-state index in [1.165, 1.54) is 0 Å². The SMILES string of the molecule is CC1CC(C)CC(S(=O)(=O)NCCC(=O)O)C1. The highest BCUT2D eigenvalue weighted by molar-refractivity contribution is 7.90. The summed E-state index contributed by atoms with van der Waals surface area (Å²) < 4.78 is 26.3. The van der Waals surface area contributed by atoms with Gasteiger partial charge in [-0.15, -0.1) is 0 Å². The van der Waals surface area contributed by atoms with E-state index < -0.39 is 16.0 Å². The molecule has 17 heavy (non-hydrogen) atoms. The Hall–Kier alpha value is -0.620. The van der Waals surface area contributed by atoms with Gasteiger partial charge in [-0.2, -0.15) is 0 Å². The molecule has 0 heterocycles. The van der Waals surface area contributed by atoms with Gasteiger partial charge in [0.25, 0.3) is 0 Å². The average molecular weight is 263 g/mol. The zero-order valence-electron chi connectivity index (χ0n) is 10.3. The second-order valence-electron chi connectivity index (χ2n) is 5.12. The van der Waals surface area contributed by atoms with Crippen molar-refractivity contribution in [3.63, 3.8) is 0 Å². The molecule has 1 rings (SSSR count). The van der Waals surface area contributed by atoms with Crippen LogP contribution < -0.4 is 4.72 Å². The van der Waals surface area contributed by atoms with Crippen molar-refractivity contribution in [3.8, 4) is 0 Å². The van der Waals surface area contributed by atoms with Gasteiger partial charge in [0.05, 0.1) is 11.7 Å². The average Bonchev–Trinajstić information content (AvgIpc) is 2.14. The van der Waals surface area contributed by atoms with E-state index >= 15 is 0 Å². The molecule has 0 radical (unpaired) electrons. The minimum atomic E-state index is -3.36. The van der Waals surface area contributed by atoms with Crippen molar-refractivity contribution < 1.29 is 18.3 Å². The van der Waals surface area contributed by atoms with E-state index in [1.807, 2.05) is 0 Å². The lowest BCUT2D eigenvalue weighted by Gasteiger charge is -2.31. The first-order chi connectivity index (χ1) is 7.81. The maximum atomic E-state index is 12.0. The highest BCUT2D eigenvalue weighted by Gasteiger charge is 2.32. The van der Waals surface area contributed by atoms with Crippen molar-refractivity contribution in [2.75, 3.05) is 6.54 Å². The summed E-state index contributed by atoms with van der Waals surface area (Å²) in [4.78, 5) is 10.3. The van der Waals surface area contributed by atoms with Gasteiger partial charge in [0, 0.05) is 6.54 Å². The van der Waals surface area contributed by atoms with E-state index in [2.05, 4.69) is 18.6 Å². The van der Waals surface area contributed by atoms with E-state index in [4.69, 9.17) is 5.11 Å². The van der Waals surface area contributed by atoms with Crippen LogP contribution in [0.15, 0.2) is 0 Å². The molecular weight excluding hydrogens is 242 g/mol. The minimum Gasteiger partial charge on any atom is -0.481 e. The van der Waals surface area contributed by atoms with Crippen molar-refractivity contribution in [3.05, 3.63) is 0 Å². The highest BCUT2D eigenvalue weighted by atomic mass is 32.2. The maximum Gasteiger partial charge on any atom is 0.304 e. The molecule has 2 atom stereocenters. The molecule has 0 bridgehead atoms. The number of nitrogens with one attached hydrogen (secondary N) is 1. The van der Waals surface area contributed by atoms with Crippen LogP contribution in [0.3, 0.4) is 0 Å². The predicted molar refractivity (Wildman–Crippen MR) is 65.1 cm³/mol. The highest BCUT2D eigenvalue weighted by Crippen LogP contribution is 2.31. The number of carbonyl (C=O) groups is 1. The Kier molecular flexibility index (Phi) is 4.94. The van der Waals surface area contributed by atoms with Gasteiger partial charge < -0.3 is 5.11 Å². The second kappa shape index (κ2) is 5.82. The monoisotopic (exact) mass is 263 g/mol. The summed E-state index contributed by atoms with van der Waals surface area (Å²) in [5, 5.41) is 8.10. The number of aliphatic carboxylic acids is 1. The van der Waals surface area contributed by atoms with Gasteiger partial charge in [0.15, 0.2) is 0 Å². The molecule has 0 aromatic carbocycles. The van der Waals surface area contributed by atoms with Crippen LogP contribution in [0.2, 0.25) is 0 Å². The smallest absolute Gasteiger partial charge is 0.304 e. The molecule has 0 saturated heterocycles. The molecule has 1 saturated carbocycles. The molecule has 0 amide bonds. The van der Waals surface area contributed by atoms with Gasteiger partial charge in [-0.1, -0.05) is 13.8 Å². The van der Waals surface area contributed by atoms with Crippen LogP contribution in [0, 0.1) is 11.8 Å². The molecule has 1 aliphatic rings.